The molecule has 0 spiro atoms. The smallest absolute Gasteiger partial charge is 0.190 e. The van der Waals surface area contributed by atoms with Crippen molar-refractivity contribution in [3.05, 3.63) is 104 Å². The summed E-state index contributed by atoms with van der Waals surface area (Å²) in [5.41, 5.74) is 2.79. The zero-order valence-corrected chi connectivity index (χ0v) is 18.1. The third-order valence-corrected chi connectivity index (χ3v) is 5.95. The first-order chi connectivity index (χ1) is 13.9. The van der Waals surface area contributed by atoms with Gasteiger partial charge in [-0.15, -0.1) is 0 Å². The van der Waals surface area contributed by atoms with Gasteiger partial charge in [-0.05, 0) is 48.0 Å². The predicted molar refractivity (Wildman–Crippen MR) is 117 cm³/mol. The maximum Gasteiger partial charge on any atom is 0.190 e. The second-order valence-corrected chi connectivity index (χ2v) is 8.53. The zero-order chi connectivity index (χ0) is 20.5. The molecule has 148 valence electrons. The summed E-state index contributed by atoms with van der Waals surface area (Å²) in [6.07, 6.45) is 1.51. The van der Waals surface area contributed by atoms with Gasteiger partial charge in [0.1, 0.15) is 17.6 Å². The van der Waals surface area contributed by atoms with Crippen LogP contribution in [0.25, 0.3) is 5.70 Å². The van der Waals surface area contributed by atoms with E-state index in [1.807, 2.05) is 29.6 Å². The van der Waals surface area contributed by atoms with Crippen LogP contribution in [0.2, 0.25) is 10.0 Å². The van der Waals surface area contributed by atoms with E-state index in [-0.39, 0.29) is 17.6 Å². The Balaban J connectivity index is 1.82. The fraction of sp³-hybridized carbons (Fsp3) is 0.0909. The van der Waals surface area contributed by atoms with Crippen LogP contribution in [-0.2, 0) is 0 Å². The molecule has 1 aliphatic rings. The number of quaternary nitrogens is 1. The molecule has 0 saturated heterocycles. The Morgan fingerprint density at radius 2 is 1.79 bits per heavy atom. The van der Waals surface area contributed by atoms with Crippen LogP contribution in [0.4, 0.5) is 4.39 Å². The van der Waals surface area contributed by atoms with Crippen molar-refractivity contribution in [3.8, 4) is 5.75 Å². The lowest BCUT2D eigenvalue weighted by atomic mass is 9.97. The normalized spacial score (nSPS) is 18.8. The lowest BCUT2D eigenvalue weighted by Gasteiger charge is -2.30. The van der Waals surface area contributed by atoms with Crippen LogP contribution >= 0.6 is 39.1 Å². The highest BCUT2D eigenvalue weighted by atomic mass is 79.9. The summed E-state index contributed by atoms with van der Waals surface area (Å²) in [4.78, 5) is 0. The topological polar surface area (TPSA) is 48.9 Å². The minimum absolute atomic E-state index is 0.168. The van der Waals surface area contributed by atoms with Crippen LogP contribution in [0.5, 0.6) is 5.75 Å². The largest absolute Gasteiger partial charge is 0.507 e. The fourth-order valence-corrected chi connectivity index (χ4v) is 4.26. The number of aromatic hydroxyl groups is 1. The summed E-state index contributed by atoms with van der Waals surface area (Å²) in [6, 6.07) is 17.0. The van der Waals surface area contributed by atoms with Gasteiger partial charge in [0.25, 0.3) is 0 Å². The molecule has 4 rings (SSSR count). The van der Waals surface area contributed by atoms with Gasteiger partial charge in [0.2, 0.25) is 0 Å². The van der Waals surface area contributed by atoms with Crippen molar-refractivity contribution in [2.24, 2.45) is 0 Å². The molecular weight excluding hydrogens is 478 g/mol. The lowest BCUT2D eigenvalue weighted by molar-refractivity contribution is -0.731. The Hall–Kier alpha value is -2.05. The summed E-state index contributed by atoms with van der Waals surface area (Å²) in [6.45, 7) is 0. The Kier molecular flexibility index (Phi) is 5.83. The first kappa shape index (κ1) is 20.2. The molecule has 2 unspecified atom stereocenters. The summed E-state index contributed by atoms with van der Waals surface area (Å²) in [7, 11) is 0. The van der Waals surface area contributed by atoms with Crippen LogP contribution in [0.15, 0.2) is 71.2 Å². The van der Waals surface area contributed by atoms with E-state index in [1.54, 1.807) is 36.4 Å². The van der Waals surface area contributed by atoms with Crippen molar-refractivity contribution in [2.45, 2.75) is 12.2 Å². The molecule has 0 aromatic heterocycles. The van der Waals surface area contributed by atoms with Gasteiger partial charge in [-0.2, -0.15) is 0 Å². The van der Waals surface area contributed by atoms with E-state index in [0.717, 1.165) is 15.7 Å². The van der Waals surface area contributed by atoms with Gasteiger partial charge < -0.3 is 15.7 Å². The minimum atomic E-state index is -0.484. The molecule has 0 bridgehead atoms. The molecule has 3 nitrogen and oxygen atoms in total. The van der Waals surface area contributed by atoms with E-state index in [4.69, 9.17) is 23.2 Å². The number of hydrogen-bond acceptors (Lipinski definition) is 2. The standard InChI is InChI=1S/C22H16BrCl2FN2O/c23-13-6-9-20(29)15(10-13)19-11-18(12-4-7-14(24)8-5-12)27-22(28-19)21-16(25)2-1-3-17(21)26/h1-11,19,22,27-29H/p+1. The van der Waals surface area contributed by atoms with Gasteiger partial charge in [-0.25, -0.2) is 4.39 Å². The first-order valence-corrected chi connectivity index (χ1v) is 10.5. The van der Waals surface area contributed by atoms with Crippen molar-refractivity contribution in [2.75, 3.05) is 0 Å². The quantitative estimate of drug-likeness (QED) is 0.447. The van der Waals surface area contributed by atoms with Gasteiger partial charge >= 0.3 is 0 Å². The second-order valence-electron chi connectivity index (χ2n) is 6.77. The number of phenols is 1. The van der Waals surface area contributed by atoms with Crippen LogP contribution < -0.4 is 10.6 Å². The monoisotopic (exact) mass is 493 g/mol. The third-order valence-electron chi connectivity index (χ3n) is 4.87. The van der Waals surface area contributed by atoms with Gasteiger partial charge in [0, 0.05) is 21.3 Å². The number of nitrogens with two attached hydrogens (primary N) is 1. The van der Waals surface area contributed by atoms with E-state index in [1.165, 1.54) is 6.07 Å². The highest BCUT2D eigenvalue weighted by Gasteiger charge is 2.32. The van der Waals surface area contributed by atoms with E-state index in [0.29, 0.717) is 21.2 Å². The number of hydrogen-bond donors (Lipinski definition) is 3. The van der Waals surface area contributed by atoms with Crippen molar-refractivity contribution >= 4 is 44.8 Å². The number of rotatable bonds is 3. The zero-order valence-electron chi connectivity index (χ0n) is 15.0. The third kappa shape index (κ3) is 4.28. The molecule has 1 heterocycles. The van der Waals surface area contributed by atoms with Crippen molar-refractivity contribution in [1.29, 1.82) is 0 Å². The maximum atomic E-state index is 14.7. The van der Waals surface area contributed by atoms with Crippen LogP contribution in [0, 0.1) is 5.82 Å². The van der Waals surface area contributed by atoms with Crippen molar-refractivity contribution < 1.29 is 14.8 Å². The Morgan fingerprint density at radius 1 is 1.03 bits per heavy atom. The predicted octanol–water partition coefficient (Wildman–Crippen LogP) is 5.55. The summed E-state index contributed by atoms with van der Waals surface area (Å²) >= 11 is 15.8. The Labute approximate surface area is 186 Å². The first-order valence-electron chi connectivity index (χ1n) is 8.94. The Morgan fingerprint density at radius 3 is 2.52 bits per heavy atom. The number of nitrogens with one attached hydrogen (secondary N) is 1. The lowest BCUT2D eigenvalue weighted by Crippen LogP contribution is -2.90. The van der Waals surface area contributed by atoms with E-state index < -0.39 is 6.17 Å². The molecule has 1 aliphatic heterocycles. The number of halogens is 4. The van der Waals surface area contributed by atoms with E-state index >= 15 is 0 Å². The number of phenolic OH excluding ortho intramolecular Hbond substituents is 1. The van der Waals surface area contributed by atoms with Gasteiger partial charge in [-0.3, -0.25) is 0 Å². The molecule has 0 fully saturated rings. The molecule has 3 aromatic rings. The molecule has 3 aromatic carbocycles. The van der Waals surface area contributed by atoms with Gasteiger partial charge in [-0.1, -0.05) is 57.3 Å². The van der Waals surface area contributed by atoms with Crippen LogP contribution in [-0.4, -0.2) is 5.11 Å². The van der Waals surface area contributed by atoms with Gasteiger partial charge in [0.05, 0.1) is 16.1 Å². The molecule has 2 atom stereocenters. The van der Waals surface area contributed by atoms with Crippen molar-refractivity contribution in [3.63, 3.8) is 0 Å². The Bertz CT molecular complexity index is 1070. The fourth-order valence-electron chi connectivity index (χ4n) is 3.48. The SMILES string of the molecule is Oc1ccc(Br)cc1C1C=C(c2ccc(Cl)cc2)NC(c2c(F)cccc2Cl)[NH2+]1. The second kappa shape index (κ2) is 8.36. The minimum Gasteiger partial charge on any atom is -0.507 e. The molecule has 29 heavy (non-hydrogen) atoms. The molecule has 0 saturated carbocycles. The average molecular weight is 495 g/mol. The molecule has 0 aliphatic carbocycles. The van der Waals surface area contributed by atoms with Gasteiger partial charge in [0.15, 0.2) is 6.17 Å². The van der Waals surface area contributed by atoms with E-state index in [9.17, 15) is 9.50 Å². The van der Waals surface area contributed by atoms with E-state index in [2.05, 4.69) is 21.2 Å². The molecule has 0 radical (unpaired) electrons. The highest BCUT2D eigenvalue weighted by Crippen LogP contribution is 2.33. The summed E-state index contributed by atoms with van der Waals surface area (Å²) in [5.74, 6) is -0.220. The highest BCUT2D eigenvalue weighted by molar-refractivity contribution is 9.10. The molecule has 7 heteroatoms. The molecule has 4 N–H and O–H groups in total. The van der Waals surface area contributed by atoms with Crippen LogP contribution in [0.1, 0.15) is 28.9 Å². The molecular formula is C22H17BrCl2FN2O+. The van der Waals surface area contributed by atoms with Crippen LogP contribution in [0.3, 0.4) is 0 Å². The van der Waals surface area contributed by atoms with Crippen molar-refractivity contribution in [1.82, 2.24) is 5.32 Å². The maximum absolute atomic E-state index is 14.7. The molecule has 0 amide bonds. The summed E-state index contributed by atoms with van der Waals surface area (Å²) < 4.78 is 15.5. The summed E-state index contributed by atoms with van der Waals surface area (Å²) in [5, 5.41) is 16.7. The average Bonchev–Trinajstić information content (AvgIpc) is 2.70. The number of benzene rings is 3.